The predicted octanol–water partition coefficient (Wildman–Crippen LogP) is 4.64. The van der Waals surface area contributed by atoms with Gasteiger partial charge in [-0.05, 0) is 42.0 Å². The maximum atomic E-state index is 13.1. The lowest BCUT2D eigenvalue weighted by molar-refractivity contribution is 0.627. The van der Waals surface area contributed by atoms with Gasteiger partial charge in [0.2, 0.25) is 0 Å². The highest BCUT2D eigenvalue weighted by Gasteiger charge is 2.03. The van der Waals surface area contributed by atoms with Crippen molar-refractivity contribution in [3.05, 3.63) is 71.1 Å². The molecule has 3 rings (SSSR count). The van der Waals surface area contributed by atoms with Crippen molar-refractivity contribution in [3.8, 4) is 0 Å². The van der Waals surface area contributed by atoms with E-state index in [4.69, 9.17) is 11.6 Å². The number of benzene rings is 2. The Hall–Kier alpha value is -2.13. The van der Waals surface area contributed by atoms with Crippen LogP contribution in [0.3, 0.4) is 0 Å². The Balaban J connectivity index is 1.85. The molecule has 2 nitrogen and oxygen atoms in total. The third-order valence-electron chi connectivity index (χ3n) is 3.11. The second-order valence-corrected chi connectivity index (χ2v) is 4.88. The summed E-state index contributed by atoms with van der Waals surface area (Å²) in [5.74, 6) is -0.398. The van der Waals surface area contributed by atoms with Crippen LogP contribution in [0, 0.1) is 5.82 Å². The largest absolute Gasteiger partial charge is 0.380 e. The predicted molar refractivity (Wildman–Crippen MR) is 80.5 cm³/mol. The summed E-state index contributed by atoms with van der Waals surface area (Å²) in [5.41, 5.74) is 2.86. The molecule has 1 N–H and O–H groups in total. The fourth-order valence-corrected chi connectivity index (χ4v) is 2.31. The second kappa shape index (κ2) is 5.47. The Kier molecular flexibility index (Phi) is 3.52. The van der Waals surface area contributed by atoms with Gasteiger partial charge in [-0.25, -0.2) is 4.39 Å². The minimum atomic E-state index is -0.398. The molecule has 2 aromatic carbocycles. The van der Waals surface area contributed by atoms with E-state index in [0.717, 1.165) is 22.2 Å². The molecule has 0 amide bonds. The van der Waals surface area contributed by atoms with Gasteiger partial charge in [0.1, 0.15) is 5.82 Å². The van der Waals surface area contributed by atoms with Crippen LogP contribution in [0.2, 0.25) is 5.02 Å². The van der Waals surface area contributed by atoms with Crippen molar-refractivity contribution in [1.82, 2.24) is 4.98 Å². The quantitative estimate of drug-likeness (QED) is 0.759. The van der Waals surface area contributed by atoms with Crippen molar-refractivity contribution >= 4 is 28.2 Å². The van der Waals surface area contributed by atoms with Crippen LogP contribution in [0.25, 0.3) is 10.9 Å². The van der Waals surface area contributed by atoms with Crippen molar-refractivity contribution in [2.24, 2.45) is 0 Å². The first-order valence-electron chi connectivity index (χ1n) is 6.25. The van der Waals surface area contributed by atoms with Crippen LogP contribution in [0.15, 0.2) is 54.7 Å². The van der Waals surface area contributed by atoms with E-state index < -0.39 is 5.82 Å². The number of pyridine rings is 1. The van der Waals surface area contributed by atoms with E-state index in [1.807, 2.05) is 30.3 Å². The van der Waals surface area contributed by atoms with Gasteiger partial charge in [-0.15, -0.1) is 0 Å². The van der Waals surface area contributed by atoms with Crippen molar-refractivity contribution in [3.63, 3.8) is 0 Å². The monoisotopic (exact) mass is 286 g/mol. The summed E-state index contributed by atoms with van der Waals surface area (Å²) in [4.78, 5) is 4.31. The first-order chi connectivity index (χ1) is 9.74. The lowest BCUT2D eigenvalue weighted by Crippen LogP contribution is -2.00. The number of aromatic nitrogens is 1. The molecule has 0 spiro atoms. The van der Waals surface area contributed by atoms with E-state index in [1.54, 1.807) is 18.3 Å². The van der Waals surface area contributed by atoms with Gasteiger partial charge in [-0.3, -0.25) is 4.98 Å². The molecule has 4 heteroatoms. The van der Waals surface area contributed by atoms with E-state index in [1.165, 1.54) is 6.07 Å². The zero-order valence-corrected chi connectivity index (χ0v) is 11.4. The number of halogens is 2. The fourth-order valence-electron chi connectivity index (χ4n) is 2.10. The first-order valence-corrected chi connectivity index (χ1v) is 6.63. The van der Waals surface area contributed by atoms with Gasteiger partial charge >= 0.3 is 0 Å². The molecule has 0 aliphatic carbocycles. The number of nitrogens with one attached hydrogen (secondary N) is 1. The minimum Gasteiger partial charge on any atom is -0.380 e. The zero-order chi connectivity index (χ0) is 13.9. The lowest BCUT2D eigenvalue weighted by atomic mass is 10.1. The summed E-state index contributed by atoms with van der Waals surface area (Å²) in [6.07, 6.45) is 1.77. The van der Waals surface area contributed by atoms with E-state index in [2.05, 4.69) is 10.3 Å². The second-order valence-electron chi connectivity index (χ2n) is 4.48. The summed E-state index contributed by atoms with van der Waals surface area (Å²) in [7, 11) is 0. The summed E-state index contributed by atoms with van der Waals surface area (Å²) < 4.78 is 13.1. The number of fused-ring (bicyclic) bond motifs is 1. The molecule has 20 heavy (non-hydrogen) atoms. The molecule has 0 fully saturated rings. The Morgan fingerprint density at radius 2 is 2.00 bits per heavy atom. The fraction of sp³-hybridized carbons (Fsp3) is 0.0625. The topological polar surface area (TPSA) is 24.9 Å². The molecule has 0 unspecified atom stereocenters. The first kappa shape index (κ1) is 12.9. The molecule has 1 aromatic heterocycles. The maximum Gasteiger partial charge on any atom is 0.141 e. The highest BCUT2D eigenvalue weighted by atomic mass is 35.5. The van der Waals surface area contributed by atoms with Gasteiger partial charge in [0.25, 0.3) is 0 Å². The van der Waals surface area contributed by atoms with E-state index in [0.29, 0.717) is 6.54 Å². The van der Waals surface area contributed by atoms with Gasteiger partial charge in [-0.1, -0.05) is 23.7 Å². The van der Waals surface area contributed by atoms with Crippen LogP contribution in [0.4, 0.5) is 10.1 Å². The molecule has 0 atom stereocenters. The van der Waals surface area contributed by atoms with Crippen LogP contribution in [0.5, 0.6) is 0 Å². The summed E-state index contributed by atoms with van der Waals surface area (Å²) in [5, 5.41) is 4.53. The van der Waals surface area contributed by atoms with Crippen LogP contribution in [-0.2, 0) is 6.54 Å². The van der Waals surface area contributed by atoms with Gasteiger partial charge in [0.15, 0.2) is 0 Å². The normalized spacial score (nSPS) is 10.7. The van der Waals surface area contributed by atoms with Gasteiger partial charge in [0.05, 0.1) is 10.5 Å². The molecule has 0 aliphatic rings. The number of anilines is 1. The number of hydrogen-bond acceptors (Lipinski definition) is 2. The number of hydrogen-bond donors (Lipinski definition) is 1. The highest BCUT2D eigenvalue weighted by molar-refractivity contribution is 6.30. The van der Waals surface area contributed by atoms with Crippen molar-refractivity contribution in [2.75, 3.05) is 5.32 Å². The van der Waals surface area contributed by atoms with E-state index in [-0.39, 0.29) is 5.02 Å². The third kappa shape index (κ3) is 2.58. The van der Waals surface area contributed by atoms with Crippen molar-refractivity contribution in [1.29, 1.82) is 0 Å². The number of rotatable bonds is 3. The molecular formula is C16H12ClFN2. The van der Waals surface area contributed by atoms with Crippen molar-refractivity contribution in [2.45, 2.75) is 6.54 Å². The Morgan fingerprint density at radius 1 is 1.10 bits per heavy atom. The molecule has 0 saturated heterocycles. The standard InChI is InChI=1S/C16H12ClFN2/c17-13-9-11(6-7-14(13)18)10-20-16-5-1-4-15-12(16)3-2-8-19-15/h1-9,20H,10H2. The molecule has 100 valence electrons. The zero-order valence-electron chi connectivity index (χ0n) is 10.6. The Bertz CT molecular complexity index is 753. The molecule has 0 radical (unpaired) electrons. The van der Waals surface area contributed by atoms with Gasteiger partial charge in [0, 0.05) is 23.8 Å². The van der Waals surface area contributed by atoms with Gasteiger partial charge in [-0.2, -0.15) is 0 Å². The van der Waals surface area contributed by atoms with Gasteiger partial charge < -0.3 is 5.32 Å². The minimum absolute atomic E-state index is 0.142. The molecule has 0 saturated carbocycles. The highest BCUT2D eigenvalue weighted by Crippen LogP contribution is 2.22. The average molecular weight is 287 g/mol. The average Bonchev–Trinajstić information content (AvgIpc) is 2.48. The molecular weight excluding hydrogens is 275 g/mol. The SMILES string of the molecule is Fc1ccc(CNc2cccc3ncccc23)cc1Cl. The molecule has 0 aliphatic heterocycles. The van der Waals surface area contributed by atoms with Crippen LogP contribution < -0.4 is 5.32 Å². The van der Waals surface area contributed by atoms with Crippen LogP contribution in [-0.4, -0.2) is 4.98 Å². The summed E-state index contributed by atoms with van der Waals surface area (Å²) >= 11 is 5.78. The smallest absolute Gasteiger partial charge is 0.141 e. The maximum absolute atomic E-state index is 13.1. The Morgan fingerprint density at radius 3 is 2.85 bits per heavy atom. The van der Waals surface area contributed by atoms with Crippen molar-refractivity contribution < 1.29 is 4.39 Å². The summed E-state index contributed by atoms with van der Waals surface area (Å²) in [6, 6.07) is 14.6. The third-order valence-corrected chi connectivity index (χ3v) is 3.40. The lowest BCUT2D eigenvalue weighted by Gasteiger charge is -2.09. The molecule has 1 heterocycles. The van der Waals surface area contributed by atoms with Crippen LogP contribution in [0.1, 0.15) is 5.56 Å². The molecule has 3 aromatic rings. The summed E-state index contributed by atoms with van der Waals surface area (Å²) in [6.45, 7) is 0.577. The van der Waals surface area contributed by atoms with E-state index in [9.17, 15) is 4.39 Å². The Labute approximate surface area is 121 Å². The molecule has 0 bridgehead atoms. The van der Waals surface area contributed by atoms with E-state index >= 15 is 0 Å². The number of nitrogens with zero attached hydrogens (tertiary/aromatic N) is 1. The van der Waals surface area contributed by atoms with Crippen LogP contribution >= 0.6 is 11.6 Å².